The molecular formula is C18H21FN2O4. The maximum Gasteiger partial charge on any atom is 0.256 e. The number of amides is 1. The van der Waals surface area contributed by atoms with Crippen molar-refractivity contribution in [2.45, 2.75) is 39.7 Å². The van der Waals surface area contributed by atoms with E-state index in [0.29, 0.717) is 53.5 Å². The van der Waals surface area contributed by atoms with Crippen molar-refractivity contribution in [1.29, 1.82) is 0 Å². The van der Waals surface area contributed by atoms with E-state index in [1.54, 1.807) is 6.92 Å². The molecule has 0 atom stereocenters. The van der Waals surface area contributed by atoms with Gasteiger partial charge >= 0.3 is 0 Å². The van der Waals surface area contributed by atoms with Crippen LogP contribution in [0.25, 0.3) is 0 Å². The van der Waals surface area contributed by atoms with Gasteiger partial charge in [0.25, 0.3) is 5.91 Å². The molecule has 1 aromatic heterocycles. The molecule has 25 heavy (non-hydrogen) atoms. The Morgan fingerprint density at radius 2 is 2.20 bits per heavy atom. The molecule has 6 nitrogen and oxygen atoms in total. The van der Waals surface area contributed by atoms with Gasteiger partial charge in [-0.05, 0) is 31.0 Å². The molecule has 1 aromatic carbocycles. The number of hydrogen-bond donors (Lipinski definition) is 1. The van der Waals surface area contributed by atoms with Crippen LogP contribution in [0.2, 0.25) is 0 Å². The van der Waals surface area contributed by atoms with Crippen LogP contribution < -0.4 is 10.1 Å². The number of nitrogens with zero attached hydrogens (tertiary/aromatic N) is 1. The second kappa shape index (κ2) is 7.23. The van der Waals surface area contributed by atoms with Crippen molar-refractivity contribution in [3.8, 4) is 5.75 Å². The highest BCUT2D eigenvalue weighted by molar-refractivity contribution is 5.96. The summed E-state index contributed by atoms with van der Waals surface area (Å²) in [5.41, 5.74) is 2.43. The summed E-state index contributed by atoms with van der Waals surface area (Å²) in [5, 5.41) is 6.72. The molecule has 0 aliphatic carbocycles. The number of halogens is 1. The van der Waals surface area contributed by atoms with Crippen LogP contribution in [-0.2, 0) is 17.8 Å². The first-order valence-electron chi connectivity index (χ1n) is 8.23. The Kier molecular flexibility index (Phi) is 5.03. The van der Waals surface area contributed by atoms with Crippen LogP contribution in [0.3, 0.4) is 0 Å². The lowest BCUT2D eigenvalue weighted by Gasteiger charge is -2.21. The number of carbonyl (C=O) groups is 1. The first-order chi connectivity index (χ1) is 12.0. The zero-order valence-corrected chi connectivity index (χ0v) is 14.5. The summed E-state index contributed by atoms with van der Waals surface area (Å²) in [6, 6.07) is 2.84. The zero-order chi connectivity index (χ0) is 18.0. The highest BCUT2D eigenvalue weighted by atomic mass is 19.1. The van der Waals surface area contributed by atoms with Gasteiger partial charge in [0.1, 0.15) is 17.1 Å². The van der Waals surface area contributed by atoms with Gasteiger partial charge in [-0.3, -0.25) is 4.79 Å². The van der Waals surface area contributed by atoms with E-state index < -0.39 is 0 Å². The van der Waals surface area contributed by atoms with Crippen molar-refractivity contribution in [3.63, 3.8) is 0 Å². The van der Waals surface area contributed by atoms with Crippen LogP contribution in [0.1, 0.15) is 52.7 Å². The minimum atomic E-state index is -0.342. The third-order valence-corrected chi connectivity index (χ3v) is 4.07. The predicted octanol–water partition coefficient (Wildman–Crippen LogP) is 3.08. The van der Waals surface area contributed by atoms with E-state index in [2.05, 4.69) is 10.5 Å². The lowest BCUT2D eigenvalue weighted by Crippen LogP contribution is -2.27. The van der Waals surface area contributed by atoms with Gasteiger partial charge < -0.3 is 19.3 Å². The van der Waals surface area contributed by atoms with Gasteiger partial charge in [0.05, 0.1) is 12.3 Å². The van der Waals surface area contributed by atoms with Gasteiger partial charge in [0.15, 0.2) is 12.6 Å². The second-order valence-electron chi connectivity index (χ2n) is 6.33. The fraction of sp³-hybridized carbons (Fsp3) is 0.444. The van der Waals surface area contributed by atoms with E-state index in [-0.39, 0.29) is 24.4 Å². The number of benzene rings is 1. The summed E-state index contributed by atoms with van der Waals surface area (Å²) in [5.74, 6) is 0.693. The Bertz CT molecular complexity index is 786. The predicted molar refractivity (Wildman–Crippen MR) is 88.1 cm³/mol. The van der Waals surface area contributed by atoms with Crippen LogP contribution in [0.15, 0.2) is 16.7 Å². The highest BCUT2D eigenvalue weighted by Crippen LogP contribution is 2.29. The number of fused-ring (bicyclic) bond motifs is 1. The van der Waals surface area contributed by atoms with Crippen molar-refractivity contribution >= 4 is 5.91 Å². The van der Waals surface area contributed by atoms with Crippen LogP contribution >= 0.6 is 0 Å². The van der Waals surface area contributed by atoms with Crippen molar-refractivity contribution in [2.24, 2.45) is 0 Å². The lowest BCUT2D eigenvalue weighted by molar-refractivity contribution is -0.0172. The third-order valence-electron chi connectivity index (χ3n) is 4.07. The van der Waals surface area contributed by atoms with Gasteiger partial charge in [-0.2, -0.15) is 0 Å². The van der Waals surface area contributed by atoms with Gasteiger partial charge in [-0.1, -0.05) is 19.0 Å². The minimum Gasteiger partial charge on any atom is -0.467 e. The number of nitrogens with one attached hydrogen (secondary N) is 1. The molecule has 0 saturated carbocycles. The maximum absolute atomic E-state index is 13.7. The van der Waals surface area contributed by atoms with Crippen LogP contribution in [-0.4, -0.2) is 24.4 Å². The van der Waals surface area contributed by atoms with E-state index in [4.69, 9.17) is 14.0 Å². The topological polar surface area (TPSA) is 73.6 Å². The molecule has 0 spiro atoms. The average Bonchev–Trinajstić information content (AvgIpc) is 2.96. The fourth-order valence-corrected chi connectivity index (χ4v) is 2.90. The molecule has 1 aliphatic heterocycles. The maximum atomic E-state index is 13.7. The van der Waals surface area contributed by atoms with E-state index in [1.807, 2.05) is 13.8 Å². The summed E-state index contributed by atoms with van der Waals surface area (Å²) in [6.07, 6.45) is 0.452. The van der Waals surface area contributed by atoms with Crippen molar-refractivity contribution in [1.82, 2.24) is 10.5 Å². The van der Waals surface area contributed by atoms with Crippen LogP contribution in [0, 0.1) is 12.7 Å². The molecule has 0 radical (unpaired) electrons. The van der Waals surface area contributed by atoms with Crippen LogP contribution in [0.4, 0.5) is 4.39 Å². The molecule has 0 bridgehead atoms. The van der Waals surface area contributed by atoms with E-state index in [9.17, 15) is 9.18 Å². The van der Waals surface area contributed by atoms with E-state index in [1.165, 1.54) is 12.1 Å². The molecule has 0 fully saturated rings. The Labute approximate surface area is 145 Å². The smallest absolute Gasteiger partial charge is 0.256 e. The number of aromatic nitrogens is 1. The van der Waals surface area contributed by atoms with Gasteiger partial charge in [0.2, 0.25) is 0 Å². The number of rotatable bonds is 5. The minimum absolute atomic E-state index is 0.0607. The Hall–Kier alpha value is -2.41. The van der Waals surface area contributed by atoms with E-state index in [0.717, 1.165) is 0 Å². The SMILES string of the molecule is Cc1noc(C(C)C)c1C(=O)NCCc1cc(F)cc2c1OCOC2. The third kappa shape index (κ3) is 3.66. The first kappa shape index (κ1) is 17.4. The van der Waals surface area contributed by atoms with Gasteiger partial charge in [-0.25, -0.2) is 4.39 Å². The Balaban J connectivity index is 1.69. The summed E-state index contributed by atoms with van der Waals surface area (Å²) in [7, 11) is 0. The normalized spacial score (nSPS) is 13.5. The summed E-state index contributed by atoms with van der Waals surface area (Å²) in [4.78, 5) is 12.5. The zero-order valence-electron chi connectivity index (χ0n) is 14.5. The molecule has 134 valence electrons. The fourth-order valence-electron chi connectivity index (χ4n) is 2.90. The highest BCUT2D eigenvalue weighted by Gasteiger charge is 2.22. The van der Waals surface area contributed by atoms with Crippen molar-refractivity contribution in [2.75, 3.05) is 13.3 Å². The molecule has 0 saturated heterocycles. The van der Waals surface area contributed by atoms with Crippen molar-refractivity contribution < 1.29 is 23.2 Å². The van der Waals surface area contributed by atoms with Gasteiger partial charge in [-0.15, -0.1) is 0 Å². The second-order valence-corrected chi connectivity index (χ2v) is 6.33. The monoisotopic (exact) mass is 348 g/mol. The lowest BCUT2D eigenvalue weighted by atomic mass is 10.0. The molecule has 7 heteroatoms. The molecular weight excluding hydrogens is 327 g/mol. The van der Waals surface area contributed by atoms with E-state index >= 15 is 0 Å². The average molecular weight is 348 g/mol. The standard InChI is InChI=1S/C18H21FN2O4/c1-10(2)16-15(11(3)21-25-16)18(22)20-5-4-12-6-14(19)7-13-8-23-9-24-17(12)13/h6-7,10H,4-5,8-9H2,1-3H3,(H,20,22). The molecule has 1 amide bonds. The molecule has 0 unspecified atom stereocenters. The molecule has 1 aliphatic rings. The van der Waals surface area contributed by atoms with Crippen molar-refractivity contribution in [3.05, 3.63) is 46.1 Å². The summed E-state index contributed by atoms with van der Waals surface area (Å²) in [6.45, 7) is 6.44. The number of hydrogen-bond acceptors (Lipinski definition) is 5. The molecule has 3 rings (SSSR count). The van der Waals surface area contributed by atoms with Crippen LogP contribution in [0.5, 0.6) is 5.75 Å². The number of aryl methyl sites for hydroxylation is 1. The Morgan fingerprint density at radius 3 is 2.96 bits per heavy atom. The Morgan fingerprint density at radius 1 is 1.40 bits per heavy atom. The largest absolute Gasteiger partial charge is 0.467 e. The quantitative estimate of drug-likeness (QED) is 0.899. The first-order valence-corrected chi connectivity index (χ1v) is 8.23. The molecule has 2 heterocycles. The summed E-state index contributed by atoms with van der Waals surface area (Å²) < 4.78 is 29.6. The molecule has 1 N–H and O–H groups in total. The number of carbonyl (C=O) groups excluding carboxylic acids is 1. The number of ether oxygens (including phenoxy) is 2. The summed E-state index contributed by atoms with van der Waals surface area (Å²) >= 11 is 0. The van der Waals surface area contributed by atoms with Gasteiger partial charge in [0, 0.05) is 18.0 Å². The molecule has 2 aromatic rings.